The molecule has 114 valence electrons. The summed E-state index contributed by atoms with van der Waals surface area (Å²) < 4.78 is 15.5. The first-order valence-electron chi connectivity index (χ1n) is 6.79. The van der Waals surface area contributed by atoms with Crippen molar-refractivity contribution in [1.29, 1.82) is 0 Å². The highest BCUT2D eigenvalue weighted by Gasteiger charge is 2.28. The van der Waals surface area contributed by atoms with Crippen molar-refractivity contribution < 1.29 is 23.8 Å². The van der Waals surface area contributed by atoms with Crippen LogP contribution in [-0.4, -0.2) is 38.2 Å². The van der Waals surface area contributed by atoms with E-state index in [1.54, 1.807) is 25.1 Å². The Kier molecular flexibility index (Phi) is 4.67. The molecule has 2 rings (SSSR count). The fourth-order valence-corrected chi connectivity index (χ4v) is 1.87. The van der Waals surface area contributed by atoms with Crippen molar-refractivity contribution in [3.05, 3.63) is 23.8 Å². The zero-order chi connectivity index (χ0) is 15.4. The minimum atomic E-state index is -0.853. The molecule has 1 amide bonds. The van der Waals surface area contributed by atoms with E-state index in [1.807, 2.05) is 0 Å². The molecule has 1 saturated carbocycles. The molecule has 0 saturated heterocycles. The Bertz CT molecular complexity index is 539. The van der Waals surface area contributed by atoms with E-state index in [9.17, 15) is 9.59 Å². The fourth-order valence-electron chi connectivity index (χ4n) is 1.87. The molecule has 0 aliphatic heterocycles. The zero-order valence-electron chi connectivity index (χ0n) is 12.3. The largest absolute Gasteiger partial charge is 0.493 e. The second-order valence-corrected chi connectivity index (χ2v) is 4.87. The number of ether oxygens (including phenoxy) is 3. The summed E-state index contributed by atoms with van der Waals surface area (Å²) in [6, 6.07) is 5.13. The SMILES string of the molecule is COc1cccc(C(=O)O[C@@H](C)C(=O)NC2CC2)c1OC. The van der Waals surface area contributed by atoms with Gasteiger partial charge in [-0.25, -0.2) is 4.79 Å². The average molecular weight is 293 g/mol. The number of rotatable bonds is 6. The topological polar surface area (TPSA) is 73.9 Å². The lowest BCUT2D eigenvalue weighted by molar-refractivity contribution is -0.129. The molecule has 1 aliphatic rings. The minimum Gasteiger partial charge on any atom is -0.493 e. The second kappa shape index (κ2) is 6.47. The molecule has 0 unspecified atom stereocenters. The molecule has 6 nitrogen and oxygen atoms in total. The number of para-hydroxylation sites is 1. The third-order valence-electron chi connectivity index (χ3n) is 3.20. The normalized spacial score (nSPS) is 15.0. The smallest absolute Gasteiger partial charge is 0.342 e. The van der Waals surface area contributed by atoms with E-state index in [0.29, 0.717) is 11.5 Å². The van der Waals surface area contributed by atoms with Gasteiger partial charge < -0.3 is 19.5 Å². The Morgan fingerprint density at radius 3 is 2.52 bits per heavy atom. The Morgan fingerprint density at radius 1 is 1.24 bits per heavy atom. The molecule has 1 fully saturated rings. The molecule has 0 radical (unpaired) electrons. The summed E-state index contributed by atoms with van der Waals surface area (Å²) in [5.41, 5.74) is 0.225. The molecule has 0 bridgehead atoms. The summed E-state index contributed by atoms with van der Waals surface area (Å²) in [6.45, 7) is 1.54. The van der Waals surface area contributed by atoms with Crippen LogP contribution in [0.3, 0.4) is 0 Å². The van der Waals surface area contributed by atoms with Crippen molar-refractivity contribution >= 4 is 11.9 Å². The first kappa shape index (κ1) is 15.2. The van der Waals surface area contributed by atoms with Gasteiger partial charge in [-0.05, 0) is 31.9 Å². The quantitative estimate of drug-likeness (QED) is 0.805. The van der Waals surface area contributed by atoms with Crippen molar-refractivity contribution in [2.75, 3.05) is 14.2 Å². The Hall–Kier alpha value is -2.24. The van der Waals surface area contributed by atoms with Crippen LogP contribution in [0, 0.1) is 0 Å². The van der Waals surface area contributed by atoms with E-state index in [0.717, 1.165) is 12.8 Å². The average Bonchev–Trinajstić information content (AvgIpc) is 3.29. The number of esters is 1. The van der Waals surface area contributed by atoms with Crippen LogP contribution in [-0.2, 0) is 9.53 Å². The second-order valence-electron chi connectivity index (χ2n) is 4.87. The number of hydrogen-bond donors (Lipinski definition) is 1. The summed E-state index contributed by atoms with van der Waals surface area (Å²) >= 11 is 0. The standard InChI is InChI=1S/C15H19NO5/c1-9(14(17)16-10-7-8-10)21-15(18)11-5-4-6-12(19-2)13(11)20-3/h4-6,9-10H,7-8H2,1-3H3,(H,16,17)/t9-/m0/s1. The molecule has 0 aromatic heterocycles. The highest BCUT2D eigenvalue weighted by molar-refractivity contribution is 5.95. The summed E-state index contributed by atoms with van der Waals surface area (Å²) in [5, 5.41) is 2.79. The minimum absolute atomic E-state index is 0.225. The van der Waals surface area contributed by atoms with Crippen LogP contribution in [0.5, 0.6) is 11.5 Å². The van der Waals surface area contributed by atoms with Gasteiger partial charge in [0.2, 0.25) is 0 Å². The summed E-state index contributed by atoms with van der Waals surface area (Å²) in [5.74, 6) is -0.182. The van der Waals surface area contributed by atoms with E-state index in [1.165, 1.54) is 14.2 Å². The van der Waals surface area contributed by atoms with Crippen LogP contribution in [0.15, 0.2) is 18.2 Å². The fraction of sp³-hybridized carbons (Fsp3) is 0.467. The third kappa shape index (κ3) is 3.65. The molecule has 21 heavy (non-hydrogen) atoms. The first-order valence-corrected chi connectivity index (χ1v) is 6.79. The number of hydrogen-bond acceptors (Lipinski definition) is 5. The van der Waals surface area contributed by atoms with E-state index < -0.39 is 12.1 Å². The first-order chi connectivity index (χ1) is 10.1. The maximum Gasteiger partial charge on any atom is 0.342 e. The van der Waals surface area contributed by atoms with Crippen LogP contribution < -0.4 is 14.8 Å². The Balaban J connectivity index is 2.07. The molecule has 6 heteroatoms. The maximum absolute atomic E-state index is 12.2. The van der Waals surface area contributed by atoms with Gasteiger partial charge in [0.15, 0.2) is 17.6 Å². The van der Waals surface area contributed by atoms with Gasteiger partial charge in [-0.2, -0.15) is 0 Å². The molecular formula is C15H19NO5. The molecule has 0 spiro atoms. The van der Waals surface area contributed by atoms with Gasteiger partial charge in [-0.15, -0.1) is 0 Å². The van der Waals surface area contributed by atoms with Gasteiger partial charge in [0, 0.05) is 6.04 Å². The van der Waals surface area contributed by atoms with Crippen molar-refractivity contribution in [1.82, 2.24) is 5.32 Å². The lowest BCUT2D eigenvalue weighted by Gasteiger charge is -2.15. The van der Waals surface area contributed by atoms with Gasteiger partial charge in [0.1, 0.15) is 5.56 Å². The van der Waals surface area contributed by atoms with Gasteiger partial charge in [0.25, 0.3) is 5.91 Å². The molecule has 1 aromatic carbocycles. The van der Waals surface area contributed by atoms with Crippen LogP contribution in [0.1, 0.15) is 30.1 Å². The molecule has 1 aromatic rings. The monoisotopic (exact) mass is 293 g/mol. The van der Waals surface area contributed by atoms with Crippen molar-refractivity contribution in [3.63, 3.8) is 0 Å². The lowest BCUT2D eigenvalue weighted by Crippen LogP contribution is -2.37. The zero-order valence-corrected chi connectivity index (χ0v) is 12.3. The van der Waals surface area contributed by atoms with E-state index >= 15 is 0 Å². The maximum atomic E-state index is 12.2. The number of carbonyl (C=O) groups is 2. The number of benzene rings is 1. The van der Waals surface area contributed by atoms with Gasteiger partial charge in [-0.3, -0.25) is 4.79 Å². The number of carbonyl (C=O) groups excluding carboxylic acids is 2. The van der Waals surface area contributed by atoms with Crippen molar-refractivity contribution in [2.24, 2.45) is 0 Å². The van der Waals surface area contributed by atoms with Crippen LogP contribution in [0.2, 0.25) is 0 Å². The Labute approximate surface area is 123 Å². The van der Waals surface area contributed by atoms with E-state index in [-0.39, 0.29) is 17.5 Å². The van der Waals surface area contributed by atoms with E-state index in [4.69, 9.17) is 14.2 Å². The van der Waals surface area contributed by atoms with Gasteiger partial charge >= 0.3 is 5.97 Å². The van der Waals surface area contributed by atoms with Gasteiger partial charge in [-0.1, -0.05) is 6.07 Å². The molecular weight excluding hydrogens is 274 g/mol. The summed E-state index contributed by atoms with van der Waals surface area (Å²) in [7, 11) is 2.93. The van der Waals surface area contributed by atoms with Crippen LogP contribution in [0.25, 0.3) is 0 Å². The Morgan fingerprint density at radius 2 is 1.95 bits per heavy atom. The van der Waals surface area contributed by atoms with Crippen molar-refractivity contribution in [2.45, 2.75) is 31.9 Å². The molecule has 0 heterocycles. The van der Waals surface area contributed by atoms with E-state index in [2.05, 4.69) is 5.32 Å². The third-order valence-corrected chi connectivity index (χ3v) is 3.20. The van der Waals surface area contributed by atoms with Crippen molar-refractivity contribution in [3.8, 4) is 11.5 Å². The van der Waals surface area contributed by atoms with Crippen LogP contribution in [0.4, 0.5) is 0 Å². The van der Waals surface area contributed by atoms with Crippen LogP contribution >= 0.6 is 0 Å². The summed E-state index contributed by atoms with van der Waals surface area (Å²) in [6.07, 6.45) is 1.11. The molecule has 1 N–H and O–H groups in total. The molecule has 1 aliphatic carbocycles. The summed E-state index contributed by atoms with van der Waals surface area (Å²) in [4.78, 5) is 24.0. The number of methoxy groups -OCH3 is 2. The highest BCUT2D eigenvalue weighted by Crippen LogP contribution is 2.31. The number of amides is 1. The predicted molar refractivity (Wildman–Crippen MR) is 75.6 cm³/mol. The molecule has 1 atom stereocenters. The van der Waals surface area contributed by atoms with Gasteiger partial charge in [0.05, 0.1) is 14.2 Å². The number of nitrogens with one attached hydrogen (secondary N) is 1. The lowest BCUT2D eigenvalue weighted by atomic mass is 10.2. The predicted octanol–water partition coefficient (Wildman–Crippen LogP) is 1.53. The highest BCUT2D eigenvalue weighted by atomic mass is 16.6.